The molecule has 0 bridgehead atoms. The Bertz CT molecular complexity index is 702. The molecular formula is C15H14Cl2N2O. The third-order valence-electron chi connectivity index (χ3n) is 2.94. The van der Waals surface area contributed by atoms with Crippen LogP contribution in [0.4, 0.5) is 0 Å². The molecule has 0 unspecified atom stereocenters. The Labute approximate surface area is 127 Å². The van der Waals surface area contributed by atoms with Gasteiger partial charge >= 0.3 is 0 Å². The predicted molar refractivity (Wildman–Crippen MR) is 82.4 cm³/mol. The second-order valence-electron chi connectivity index (χ2n) is 4.43. The molecule has 0 spiro atoms. The first-order chi connectivity index (χ1) is 9.43. The molecule has 104 valence electrons. The van der Waals surface area contributed by atoms with E-state index in [1.54, 1.807) is 28.8 Å². The first-order valence-corrected chi connectivity index (χ1v) is 6.88. The standard InChI is InChI=1S/C15H14Cl2N2O/c1-4-14(19-8-9(2)18-10(19)3)15(20)12-6-5-11(16)7-13(12)17/h4-8H,1-3H3/b14-4+. The number of aryl methyl sites for hydroxylation is 2. The van der Waals surface area contributed by atoms with Crippen LogP contribution in [0, 0.1) is 13.8 Å². The zero-order chi connectivity index (χ0) is 14.9. The highest BCUT2D eigenvalue weighted by atomic mass is 35.5. The minimum Gasteiger partial charge on any atom is -0.300 e. The van der Waals surface area contributed by atoms with E-state index in [0.717, 1.165) is 11.5 Å². The number of hydrogen-bond donors (Lipinski definition) is 0. The van der Waals surface area contributed by atoms with Gasteiger partial charge in [0.05, 0.1) is 16.4 Å². The molecular weight excluding hydrogens is 295 g/mol. The van der Waals surface area contributed by atoms with Crippen LogP contribution >= 0.6 is 23.2 Å². The lowest BCUT2D eigenvalue weighted by atomic mass is 10.1. The zero-order valence-corrected chi connectivity index (χ0v) is 13.0. The van der Waals surface area contributed by atoms with E-state index in [1.807, 2.05) is 27.0 Å². The summed E-state index contributed by atoms with van der Waals surface area (Å²) in [7, 11) is 0. The van der Waals surface area contributed by atoms with Gasteiger partial charge in [-0.2, -0.15) is 0 Å². The van der Waals surface area contributed by atoms with Gasteiger partial charge in [0.15, 0.2) is 0 Å². The Morgan fingerprint density at radius 3 is 2.50 bits per heavy atom. The number of allylic oxidation sites excluding steroid dienone is 2. The number of carbonyl (C=O) groups is 1. The molecule has 0 aliphatic rings. The normalized spacial score (nSPS) is 11.8. The summed E-state index contributed by atoms with van der Waals surface area (Å²) in [6, 6.07) is 4.85. The largest absolute Gasteiger partial charge is 0.300 e. The summed E-state index contributed by atoms with van der Waals surface area (Å²) in [4.78, 5) is 16.9. The molecule has 0 saturated carbocycles. The number of rotatable bonds is 3. The van der Waals surface area contributed by atoms with Crippen LogP contribution < -0.4 is 0 Å². The lowest BCUT2D eigenvalue weighted by molar-refractivity contribution is 0.105. The summed E-state index contributed by atoms with van der Waals surface area (Å²) in [6.07, 6.45) is 3.58. The Morgan fingerprint density at radius 1 is 1.30 bits per heavy atom. The molecule has 5 heteroatoms. The fourth-order valence-corrected chi connectivity index (χ4v) is 2.55. The molecule has 1 aromatic carbocycles. The molecule has 0 atom stereocenters. The number of hydrogen-bond acceptors (Lipinski definition) is 2. The van der Waals surface area contributed by atoms with Gasteiger partial charge in [-0.3, -0.25) is 4.79 Å². The second-order valence-corrected chi connectivity index (χ2v) is 5.27. The van der Waals surface area contributed by atoms with E-state index in [4.69, 9.17) is 23.2 Å². The highest BCUT2D eigenvalue weighted by molar-refractivity contribution is 6.39. The minimum atomic E-state index is -0.158. The predicted octanol–water partition coefficient (Wildman–Crippen LogP) is 4.55. The first-order valence-electron chi connectivity index (χ1n) is 6.13. The lowest BCUT2D eigenvalue weighted by Crippen LogP contribution is -2.10. The lowest BCUT2D eigenvalue weighted by Gasteiger charge is -2.10. The second kappa shape index (κ2) is 5.81. The maximum atomic E-state index is 12.6. The fraction of sp³-hybridized carbons (Fsp3) is 0.200. The van der Waals surface area contributed by atoms with E-state index in [2.05, 4.69) is 4.98 Å². The average Bonchev–Trinajstić information content (AvgIpc) is 2.69. The van der Waals surface area contributed by atoms with Gasteiger partial charge in [-0.1, -0.05) is 29.3 Å². The number of ketones is 1. The van der Waals surface area contributed by atoms with E-state index in [9.17, 15) is 4.79 Å². The van der Waals surface area contributed by atoms with E-state index in [1.165, 1.54) is 0 Å². The fourth-order valence-electron chi connectivity index (χ4n) is 2.05. The van der Waals surface area contributed by atoms with Crippen LogP contribution in [0.3, 0.4) is 0 Å². The molecule has 0 N–H and O–H groups in total. The summed E-state index contributed by atoms with van der Waals surface area (Å²) in [5.41, 5.74) is 1.80. The quantitative estimate of drug-likeness (QED) is 0.616. The van der Waals surface area contributed by atoms with E-state index < -0.39 is 0 Å². The van der Waals surface area contributed by atoms with Crippen molar-refractivity contribution in [3.8, 4) is 0 Å². The van der Waals surface area contributed by atoms with Crippen molar-refractivity contribution in [2.75, 3.05) is 0 Å². The van der Waals surface area contributed by atoms with Crippen LogP contribution in [0.25, 0.3) is 5.70 Å². The van der Waals surface area contributed by atoms with Crippen molar-refractivity contribution < 1.29 is 4.79 Å². The molecule has 0 radical (unpaired) electrons. The van der Waals surface area contributed by atoms with Crippen molar-refractivity contribution in [1.82, 2.24) is 9.55 Å². The van der Waals surface area contributed by atoms with Crippen LogP contribution in [0.2, 0.25) is 10.0 Å². The molecule has 0 amide bonds. The SMILES string of the molecule is C/C=C(\C(=O)c1ccc(Cl)cc1Cl)n1cc(C)nc1C. The van der Waals surface area contributed by atoms with Gasteiger partial charge in [-0.05, 0) is 39.0 Å². The number of aromatic nitrogens is 2. The van der Waals surface area contributed by atoms with Gasteiger partial charge in [-0.25, -0.2) is 4.98 Å². The van der Waals surface area contributed by atoms with Crippen LogP contribution in [0.5, 0.6) is 0 Å². The summed E-state index contributed by atoms with van der Waals surface area (Å²) in [5.74, 6) is 0.601. The highest BCUT2D eigenvalue weighted by Crippen LogP contribution is 2.25. The Balaban J connectivity index is 2.48. The molecule has 2 aromatic rings. The molecule has 0 aliphatic heterocycles. The third-order valence-corrected chi connectivity index (χ3v) is 3.49. The van der Waals surface area contributed by atoms with E-state index in [0.29, 0.717) is 21.3 Å². The molecule has 0 aliphatic carbocycles. The summed E-state index contributed by atoms with van der Waals surface area (Å²) in [5, 5.41) is 0.847. The van der Waals surface area contributed by atoms with Crippen LogP contribution in [0.15, 0.2) is 30.5 Å². The molecule has 1 heterocycles. The number of carbonyl (C=O) groups excluding carboxylic acids is 1. The van der Waals surface area contributed by atoms with Gasteiger partial charge in [0.25, 0.3) is 0 Å². The topological polar surface area (TPSA) is 34.9 Å². The van der Waals surface area contributed by atoms with Crippen molar-refractivity contribution >= 4 is 34.7 Å². The smallest absolute Gasteiger partial charge is 0.210 e. The molecule has 3 nitrogen and oxygen atoms in total. The van der Waals surface area contributed by atoms with Crippen LogP contribution in [-0.2, 0) is 0 Å². The zero-order valence-electron chi connectivity index (χ0n) is 11.4. The summed E-state index contributed by atoms with van der Waals surface area (Å²) >= 11 is 12.0. The van der Waals surface area contributed by atoms with Gasteiger partial charge in [0.1, 0.15) is 5.82 Å². The van der Waals surface area contributed by atoms with Crippen LogP contribution in [-0.4, -0.2) is 15.3 Å². The number of Topliss-reactive ketones (excluding diaryl/α,β-unsaturated/α-hetero) is 1. The number of nitrogens with zero attached hydrogens (tertiary/aromatic N) is 2. The maximum Gasteiger partial charge on any atom is 0.210 e. The average molecular weight is 309 g/mol. The number of benzene rings is 1. The van der Waals surface area contributed by atoms with Gasteiger partial charge < -0.3 is 4.57 Å². The Hall–Kier alpha value is -1.58. The summed E-state index contributed by atoms with van der Waals surface area (Å²) < 4.78 is 1.77. The van der Waals surface area contributed by atoms with Gasteiger partial charge in [0.2, 0.25) is 5.78 Å². The van der Waals surface area contributed by atoms with Crippen molar-refractivity contribution in [2.24, 2.45) is 0 Å². The summed E-state index contributed by atoms with van der Waals surface area (Å²) in [6.45, 7) is 5.55. The van der Waals surface area contributed by atoms with E-state index in [-0.39, 0.29) is 5.78 Å². The number of halogens is 2. The minimum absolute atomic E-state index is 0.158. The van der Waals surface area contributed by atoms with Crippen molar-refractivity contribution in [3.05, 3.63) is 57.6 Å². The molecule has 1 aromatic heterocycles. The number of imidazole rings is 1. The Morgan fingerprint density at radius 2 is 2.00 bits per heavy atom. The molecule has 2 rings (SSSR count). The van der Waals surface area contributed by atoms with E-state index >= 15 is 0 Å². The Kier molecular flexibility index (Phi) is 4.31. The van der Waals surface area contributed by atoms with Crippen molar-refractivity contribution in [1.29, 1.82) is 0 Å². The van der Waals surface area contributed by atoms with Crippen molar-refractivity contribution in [2.45, 2.75) is 20.8 Å². The van der Waals surface area contributed by atoms with Crippen molar-refractivity contribution in [3.63, 3.8) is 0 Å². The maximum absolute atomic E-state index is 12.6. The molecule has 20 heavy (non-hydrogen) atoms. The highest BCUT2D eigenvalue weighted by Gasteiger charge is 2.18. The van der Waals surface area contributed by atoms with Gasteiger partial charge in [-0.15, -0.1) is 0 Å². The molecule has 0 saturated heterocycles. The molecule has 0 fully saturated rings. The van der Waals surface area contributed by atoms with Gasteiger partial charge in [0, 0.05) is 16.8 Å². The third kappa shape index (κ3) is 2.79. The first kappa shape index (κ1) is 14.8. The van der Waals surface area contributed by atoms with Crippen LogP contribution in [0.1, 0.15) is 28.8 Å². The monoisotopic (exact) mass is 308 g/mol.